The Hall–Kier alpha value is -1.55. The number of hydrogen-bond donors (Lipinski definition) is 1. The molecule has 2 aromatic heterocycles. The fourth-order valence-corrected chi connectivity index (χ4v) is 3.44. The maximum absolute atomic E-state index is 12.0. The molecule has 0 spiro atoms. The third kappa shape index (κ3) is 2.34. The molecule has 94 valence electrons. The molecule has 0 saturated carbocycles. The van der Waals surface area contributed by atoms with Crippen molar-refractivity contribution in [2.45, 2.75) is 32.2 Å². The zero-order valence-electron chi connectivity index (χ0n) is 10.1. The van der Waals surface area contributed by atoms with E-state index in [1.54, 1.807) is 23.9 Å². The molecule has 2 heterocycles. The van der Waals surface area contributed by atoms with Gasteiger partial charge in [0.2, 0.25) is 0 Å². The van der Waals surface area contributed by atoms with Gasteiger partial charge in [0.05, 0.1) is 17.4 Å². The van der Waals surface area contributed by atoms with Crippen molar-refractivity contribution < 1.29 is 9.21 Å². The summed E-state index contributed by atoms with van der Waals surface area (Å²) < 4.78 is 4.97. The molecule has 2 aromatic rings. The highest BCUT2D eigenvalue weighted by molar-refractivity contribution is 7.14. The lowest BCUT2D eigenvalue weighted by Gasteiger charge is -2.08. The zero-order valence-corrected chi connectivity index (χ0v) is 10.9. The first-order chi connectivity index (χ1) is 8.83. The van der Waals surface area contributed by atoms with Crippen LogP contribution in [-0.4, -0.2) is 5.91 Å². The van der Waals surface area contributed by atoms with E-state index in [2.05, 4.69) is 11.4 Å². The first-order valence-electron chi connectivity index (χ1n) is 6.24. The van der Waals surface area contributed by atoms with E-state index in [1.165, 1.54) is 23.3 Å². The molecule has 0 atom stereocenters. The van der Waals surface area contributed by atoms with Gasteiger partial charge in [0, 0.05) is 17.0 Å². The lowest BCUT2D eigenvalue weighted by molar-refractivity contribution is 0.0955. The maximum atomic E-state index is 12.0. The van der Waals surface area contributed by atoms with E-state index in [-0.39, 0.29) is 5.91 Å². The monoisotopic (exact) mass is 261 g/mol. The van der Waals surface area contributed by atoms with Crippen LogP contribution in [0.1, 0.15) is 38.5 Å². The number of thiophene rings is 1. The van der Waals surface area contributed by atoms with E-state index in [1.807, 2.05) is 6.07 Å². The summed E-state index contributed by atoms with van der Waals surface area (Å²) in [6, 6.07) is 3.92. The Labute approximate surface area is 110 Å². The van der Waals surface area contributed by atoms with Crippen LogP contribution in [0.15, 0.2) is 29.1 Å². The van der Waals surface area contributed by atoms with Crippen LogP contribution in [0.3, 0.4) is 0 Å². The van der Waals surface area contributed by atoms with E-state index in [9.17, 15) is 4.79 Å². The van der Waals surface area contributed by atoms with Crippen LogP contribution in [0.25, 0.3) is 0 Å². The third-order valence-corrected chi connectivity index (χ3v) is 4.49. The second-order valence-corrected chi connectivity index (χ2v) is 5.72. The number of hydrogen-bond acceptors (Lipinski definition) is 3. The number of carbonyl (C=O) groups excluding carboxylic acids is 1. The second kappa shape index (κ2) is 4.98. The molecule has 0 aliphatic heterocycles. The largest absolute Gasteiger partial charge is 0.472 e. The molecule has 18 heavy (non-hydrogen) atoms. The molecule has 1 N–H and O–H groups in total. The summed E-state index contributed by atoms with van der Waals surface area (Å²) >= 11 is 1.65. The summed E-state index contributed by atoms with van der Waals surface area (Å²) in [5.74, 6) is 0.0237. The molecule has 0 bridgehead atoms. The Morgan fingerprint density at radius 2 is 2.28 bits per heavy atom. The van der Waals surface area contributed by atoms with Crippen LogP contribution in [0.5, 0.6) is 0 Å². The minimum absolute atomic E-state index is 0.0237. The molecule has 0 saturated heterocycles. The highest BCUT2D eigenvalue weighted by Gasteiger charge is 2.16. The van der Waals surface area contributed by atoms with Gasteiger partial charge in [-0.15, -0.1) is 11.3 Å². The molecule has 1 amide bonds. The van der Waals surface area contributed by atoms with Gasteiger partial charge >= 0.3 is 0 Å². The van der Waals surface area contributed by atoms with Crippen LogP contribution >= 0.6 is 11.3 Å². The van der Waals surface area contributed by atoms with E-state index >= 15 is 0 Å². The number of aryl methyl sites for hydroxylation is 2. The molecular weight excluding hydrogens is 246 g/mol. The van der Waals surface area contributed by atoms with Gasteiger partial charge in [0.1, 0.15) is 0 Å². The van der Waals surface area contributed by atoms with Crippen molar-refractivity contribution in [3.05, 3.63) is 45.5 Å². The van der Waals surface area contributed by atoms with Gasteiger partial charge < -0.3 is 9.73 Å². The number of rotatable bonds is 3. The summed E-state index contributed by atoms with van der Waals surface area (Å²) in [5, 5.41) is 2.92. The molecule has 0 fully saturated rings. The van der Waals surface area contributed by atoms with Crippen molar-refractivity contribution in [1.82, 2.24) is 5.32 Å². The number of carbonyl (C=O) groups is 1. The van der Waals surface area contributed by atoms with Crippen LogP contribution < -0.4 is 5.32 Å². The summed E-state index contributed by atoms with van der Waals surface area (Å²) in [6.45, 7) is 0.526. The topological polar surface area (TPSA) is 42.2 Å². The predicted molar refractivity (Wildman–Crippen MR) is 70.8 cm³/mol. The van der Waals surface area contributed by atoms with Crippen molar-refractivity contribution in [3.63, 3.8) is 0 Å². The summed E-state index contributed by atoms with van der Waals surface area (Å²) in [7, 11) is 0. The average Bonchev–Trinajstić information content (AvgIpc) is 3.04. The van der Waals surface area contributed by atoms with Crippen LogP contribution in [0.4, 0.5) is 0 Å². The normalized spacial score (nSPS) is 14.2. The molecule has 1 aliphatic rings. The minimum Gasteiger partial charge on any atom is -0.472 e. The van der Waals surface area contributed by atoms with Gasteiger partial charge in [-0.2, -0.15) is 0 Å². The van der Waals surface area contributed by atoms with Crippen molar-refractivity contribution in [3.8, 4) is 0 Å². The molecule has 0 radical (unpaired) electrons. The minimum atomic E-state index is 0.0237. The predicted octanol–water partition coefficient (Wildman–Crippen LogP) is 3.15. The molecular formula is C14H15NO2S. The molecule has 3 nitrogen and oxygen atoms in total. The Bertz CT molecular complexity index is 519. The van der Waals surface area contributed by atoms with Gasteiger partial charge in [0.25, 0.3) is 5.91 Å². The van der Waals surface area contributed by atoms with Crippen molar-refractivity contribution in [2.75, 3.05) is 0 Å². The molecule has 0 unspecified atom stereocenters. The third-order valence-electron chi connectivity index (χ3n) is 3.25. The van der Waals surface area contributed by atoms with Crippen molar-refractivity contribution in [1.29, 1.82) is 0 Å². The first kappa shape index (κ1) is 11.5. The number of fused-ring (bicyclic) bond motifs is 1. The van der Waals surface area contributed by atoms with E-state index < -0.39 is 0 Å². The van der Waals surface area contributed by atoms with E-state index in [4.69, 9.17) is 4.42 Å². The molecule has 3 rings (SSSR count). The Kier molecular flexibility index (Phi) is 3.19. The van der Waals surface area contributed by atoms with Crippen molar-refractivity contribution in [2.24, 2.45) is 0 Å². The zero-order chi connectivity index (χ0) is 12.4. The van der Waals surface area contributed by atoms with Gasteiger partial charge in [-0.3, -0.25) is 4.79 Å². The number of amides is 1. The fraction of sp³-hybridized carbons (Fsp3) is 0.357. The van der Waals surface area contributed by atoms with Crippen LogP contribution in [0.2, 0.25) is 0 Å². The Balaban J connectivity index is 1.67. The molecule has 1 aliphatic carbocycles. The van der Waals surface area contributed by atoms with Crippen LogP contribution in [-0.2, 0) is 19.4 Å². The smallest absolute Gasteiger partial charge is 0.261 e. The van der Waals surface area contributed by atoms with Gasteiger partial charge in [-0.1, -0.05) is 0 Å². The Morgan fingerprint density at radius 3 is 3.06 bits per heavy atom. The SMILES string of the molecule is O=C(NCc1ccoc1)c1cc2c(s1)CCCC2. The van der Waals surface area contributed by atoms with Crippen molar-refractivity contribution >= 4 is 17.2 Å². The number of nitrogens with one attached hydrogen (secondary N) is 1. The van der Waals surface area contributed by atoms with E-state index in [0.717, 1.165) is 23.3 Å². The molecule has 0 aromatic carbocycles. The van der Waals surface area contributed by atoms with Gasteiger partial charge in [-0.25, -0.2) is 0 Å². The number of furan rings is 1. The summed E-state index contributed by atoms with van der Waals surface area (Å²) in [6.07, 6.45) is 8.03. The second-order valence-electron chi connectivity index (χ2n) is 4.58. The lowest BCUT2D eigenvalue weighted by Crippen LogP contribution is -2.21. The quantitative estimate of drug-likeness (QED) is 0.922. The lowest BCUT2D eigenvalue weighted by atomic mass is 9.99. The maximum Gasteiger partial charge on any atom is 0.261 e. The van der Waals surface area contributed by atoms with Gasteiger partial charge in [-0.05, 0) is 43.4 Å². The first-order valence-corrected chi connectivity index (χ1v) is 7.05. The van der Waals surface area contributed by atoms with E-state index in [0.29, 0.717) is 6.54 Å². The Morgan fingerprint density at radius 1 is 1.39 bits per heavy atom. The molecule has 4 heteroatoms. The average molecular weight is 261 g/mol. The van der Waals surface area contributed by atoms with Crippen LogP contribution in [0, 0.1) is 0 Å². The standard InChI is InChI=1S/C14H15NO2S/c16-14(15-8-10-5-6-17-9-10)13-7-11-3-1-2-4-12(11)18-13/h5-7,9H,1-4,8H2,(H,15,16). The van der Waals surface area contributed by atoms with Gasteiger partial charge in [0.15, 0.2) is 0 Å². The summed E-state index contributed by atoms with van der Waals surface area (Å²) in [5.41, 5.74) is 2.37. The highest BCUT2D eigenvalue weighted by Crippen LogP contribution is 2.29. The summed E-state index contributed by atoms with van der Waals surface area (Å²) in [4.78, 5) is 14.3. The fourth-order valence-electron chi connectivity index (χ4n) is 2.27. The highest BCUT2D eigenvalue weighted by atomic mass is 32.1.